The molecule has 0 saturated heterocycles. The van der Waals surface area contributed by atoms with Gasteiger partial charge in [0.05, 0.1) is 0 Å². The predicted octanol–water partition coefficient (Wildman–Crippen LogP) is 2.56. The summed E-state index contributed by atoms with van der Waals surface area (Å²) in [6, 6.07) is -0.378. The molecule has 0 spiro atoms. The van der Waals surface area contributed by atoms with Gasteiger partial charge >= 0.3 is 6.18 Å². The van der Waals surface area contributed by atoms with Crippen LogP contribution in [-0.4, -0.2) is 44.9 Å². The van der Waals surface area contributed by atoms with Crippen molar-refractivity contribution in [3.8, 4) is 0 Å². The molecule has 1 aliphatic rings. The molecule has 0 aliphatic carbocycles. The Hall–Kier alpha value is -0.690. The van der Waals surface area contributed by atoms with Crippen molar-refractivity contribution in [3.05, 3.63) is 11.6 Å². The van der Waals surface area contributed by atoms with Crippen molar-refractivity contribution in [3.63, 3.8) is 0 Å². The van der Waals surface area contributed by atoms with Crippen molar-refractivity contribution in [2.24, 2.45) is 0 Å². The van der Waals surface area contributed by atoms with E-state index in [1.54, 1.807) is 20.8 Å². The number of hydrogen-bond donors (Lipinski definition) is 1. The molecule has 2 atom stereocenters. The number of thioether (sulfide) groups is 1. The number of carbonyl (C=O) groups excluding carboxylic acids is 1. The van der Waals surface area contributed by atoms with Crippen LogP contribution in [0.2, 0.25) is 0 Å². The Morgan fingerprint density at radius 1 is 1.47 bits per heavy atom. The largest absolute Gasteiger partial charge is 0.404 e. The van der Waals surface area contributed by atoms with E-state index in [4.69, 9.17) is 0 Å². The highest BCUT2D eigenvalue weighted by Gasteiger charge is 2.51. The van der Waals surface area contributed by atoms with E-state index in [0.29, 0.717) is 11.8 Å². The lowest BCUT2D eigenvalue weighted by Crippen LogP contribution is -2.48. The summed E-state index contributed by atoms with van der Waals surface area (Å²) < 4.78 is 39.0. The second-order valence-corrected chi connectivity index (χ2v) is 6.22. The van der Waals surface area contributed by atoms with Crippen molar-refractivity contribution < 1.29 is 23.1 Å². The average molecular weight is 297 g/mol. The third kappa shape index (κ3) is 3.25. The van der Waals surface area contributed by atoms with Gasteiger partial charge in [-0.3, -0.25) is 4.79 Å². The van der Waals surface area contributed by atoms with Gasteiger partial charge in [-0.2, -0.15) is 13.2 Å². The van der Waals surface area contributed by atoms with Gasteiger partial charge in [-0.15, -0.1) is 11.8 Å². The van der Waals surface area contributed by atoms with Gasteiger partial charge < -0.3 is 10.0 Å². The molecule has 3 nitrogen and oxygen atoms in total. The highest BCUT2D eigenvalue weighted by atomic mass is 32.2. The summed E-state index contributed by atoms with van der Waals surface area (Å²) in [6.07, 6.45) is -3.48. The molecule has 0 aromatic rings. The van der Waals surface area contributed by atoms with E-state index in [9.17, 15) is 23.1 Å². The molecule has 0 saturated carbocycles. The Labute approximate surface area is 114 Å². The minimum Gasteiger partial charge on any atom is -0.367 e. The van der Waals surface area contributed by atoms with Crippen LogP contribution in [0.25, 0.3) is 0 Å². The molecule has 1 N–H and O–H groups in total. The first-order chi connectivity index (χ1) is 8.52. The Balaban J connectivity index is 3.16. The van der Waals surface area contributed by atoms with Gasteiger partial charge in [0.15, 0.2) is 5.72 Å². The van der Waals surface area contributed by atoms with Crippen LogP contribution in [0.4, 0.5) is 13.2 Å². The number of carbonyl (C=O) groups is 1. The Morgan fingerprint density at radius 3 is 2.32 bits per heavy atom. The summed E-state index contributed by atoms with van der Waals surface area (Å²) in [5, 5.41) is 8.21. The number of alkyl halides is 3. The molecular formula is C12H18F3NO2S. The minimum absolute atomic E-state index is 0.235. The van der Waals surface area contributed by atoms with E-state index >= 15 is 0 Å². The third-order valence-electron chi connectivity index (χ3n) is 2.81. The average Bonchev–Trinajstić information content (AvgIpc) is 2.43. The molecule has 110 valence electrons. The maximum atomic E-state index is 13.0. The molecule has 1 heterocycles. The molecule has 1 amide bonds. The van der Waals surface area contributed by atoms with E-state index < -0.39 is 23.1 Å². The number of rotatable bonds is 4. The summed E-state index contributed by atoms with van der Waals surface area (Å²) in [4.78, 5) is 13.2. The summed E-state index contributed by atoms with van der Waals surface area (Å²) >= 11 is 0.647. The highest BCUT2D eigenvalue weighted by Crippen LogP contribution is 2.41. The van der Waals surface area contributed by atoms with Gasteiger partial charge in [-0.25, -0.2) is 0 Å². The van der Waals surface area contributed by atoms with Crippen molar-refractivity contribution in [1.29, 1.82) is 0 Å². The van der Waals surface area contributed by atoms with Gasteiger partial charge in [-0.05, 0) is 32.6 Å². The molecular weight excluding hydrogens is 279 g/mol. The summed E-state index contributed by atoms with van der Waals surface area (Å²) in [5.41, 5.74) is -2.05. The maximum absolute atomic E-state index is 13.0. The zero-order chi connectivity index (χ0) is 15.0. The van der Waals surface area contributed by atoms with E-state index in [-0.39, 0.29) is 17.4 Å². The van der Waals surface area contributed by atoms with E-state index in [1.807, 2.05) is 0 Å². The lowest BCUT2D eigenvalue weighted by atomic mass is 10.1. The van der Waals surface area contributed by atoms with Crippen molar-refractivity contribution in [2.75, 3.05) is 5.75 Å². The van der Waals surface area contributed by atoms with Crippen LogP contribution in [0.1, 0.15) is 27.7 Å². The third-order valence-corrected chi connectivity index (χ3v) is 4.00. The number of hydrogen-bond acceptors (Lipinski definition) is 3. The fraction of sp³-hybridized carbons (Fsp3) is 0.750. The fourth-order valence-electron chi connectivity index (χ4n) is 2.24. The van der Waals surface area contributed by atoms with Crippen molar-refractivity contribution >= 4 is 17.7 Å². The summed E-state index contributed by atoms with van der Waals surface area (Å²) in [6.45, 7) is 6.22. The first kappa shape index (κ1) is 16.4. The van der Waals surface area contributed by atoms with E-state index in [0.717, 1.165) is 11.0 Å². The zero-order valence-electron chi connectivity index (χ0n) is 11.3. The number of nitrogens with zero attached hydrogens (tertiary/aromatic N) is 1. The van der Waals surface area contributed by atoms with Gasteiger partial charge in [0.2, 0.25) is 0 Å². The molecule has 19 heavy (non-hydrogen) atoms. The molecule has 0 aromatic carbocycles. The van der Waals surface area contributed by atoms with E-state index in [1.165, 1.54) is 6.92 Å². The Kier molecular flexibility index (Phi) is 4.62. The van der Waals surface area contributed by atoms with Crippen LogP contribution in [0, 0.1) is 0 Å². The predicted molar refractivity (Wildman–Crippen MR) is 68.7 cm³/mol. The van der Waals surface area contributed by atoms with Crippen molar-refractivity contribution in [2.45, 2.75) is 50.9 Å². The zero-order valence-corrected chi connectivity index (χ0v) is 12.1. The summed E-state index contributed by atoms with van der Waals surface area (Å²) in [7, 11) is 0. The van der Waals surface area contributed by atoms with Crippen molar-refractivity contribution in [1.82, 2.24) is 4.90 Å². The molecule has 1 rings (SSSR count). The molecule has 7 heteroatoms. The lowest BCUT2D eigenvalue weighted by Gasteiger charge is -2.33. The SMILES string of the molecule is CCSC(C1=CC(C)(O)N(C(C)C)C1=O)C(F)(F)F. The number of aliphatic hydroxyl groups is 1. The topological polar surface area (TPSA) is 40.5 Å². The van der Waals surface area contributed by atoms with Crippen LogP contribution in [0.3, 0.4) is 0 Å². The molecule has 1 aliphatic heterocycles. The molecule has 0 radical (unpaired) electrons. The standard InChI is InChI=1S/C12H18F3NO2S/c1-5-19-9(12(13,14)15)8-6-11(4,18)16(7(2)3)10(8)17/h6-7,9,18H,5H2,1-4H3. The summed E-state index contributed by atoms with van der Waals surface area (Å²) in [5.74, 6) is -0.512. The molecule has 2 unspecified atom stereocenters. The Bertz CT molecular complexity index is 391. The van der Waals surface area contributed by atoms with Gasteiger partial charge in [0.1, 0.15) is 5.25 Å². The number of amides is 1. The second kappa shape index (κ2) is 5.36. The van der Waals surface area contributed by atoms with Crippen LogP contribution in [0.5, 0.6) is 0 Å². The molecule has 0 bridgehead atoms. The first-order valence-electron chi connectivity index (χ1n) is 5.99. The highest BCUT2D eigenvalue weighted by molar-refractivity contribution is 8.00. The van der Waals surface area contributed by atoms with Crippen LogP contribution in [-0.2, 0) is 4.79 Å². The maximum Gasteiger partial charge on any atom is 0.404 e. The second-order valence-electron chi connectivity index (χ2n) is 4.84. The smallest absolute Gasteiger partial charge is 0.367 e. The van der Waals surface area contributed by atoms with Gasteiger partial charge in [-0.1, -0.05) is 6.92 Å². The lowest BCUT2D eigenvalue weighted by molar-refractivity contribution is -0.147. The molecule has 0 fully saturated rings. The van der Waals surface area contributed by atoms with Crippen LogP contribution in [0.15, 0.2) is 11.6 Å². The fourth-order valence-corrected chi connectivity index (χ4v) is 3.11. The normalized spacial score (nSPS) is 26.1. The first-order valence-corrected chi connectivity index (χ1v) is 7.04. The van der Waals surface area contributed by atoms with Crippen LogP contribution >= 0.6 is 11.8 Å². The van der Waals surface area contributed by atoms with E-state index in [2.05, 4.69) is 0 Å². The van der Waals surface area contributed by atoms with Gasteiger partial charge in [0, 0.05) is 11.6 Å². The Morgan fingerprint density at radius 2 is 2.00 bits per heavy atom. The monoisotopic (exact) mass is 297 g/mol. The minimum atomic E-state index is -4.51. The number of halogens is 3. The quantitative estimate of drug-likeness (QED) is 0.867. The molecule has 0 aromatic heterocycles. The van der Waals surface area contributed by atoms with Gasteiger partial charge in [0.25, 0.3) is 5.91 Å². The van der Waals surface area contributed by atoms with Crippen LogP contribution < -0.4 is 0 Å².